The summed E-state index contributed by atoms with van der Waals surface area (Å²) in [6.45, 7) is 8.93. The first-order chi connectivity index (χ1) is 14.6. The number of phenols is 3. The molecule has 0 saturated carbocycles. The Morgan fingerprint density at radius 1 is 1.10 bits per heavy atom. The summed E-state index contributed by atoms with van der Waals surface area (Å²) in [5.74, 6) is -1.21. The predicted octanol–water partition coefficient (Wildman–Crippen LogP) is 4.27. The second kappa shape index (κ2) is 8.18. The fourth-order valence-electron chi connectivity index (χ4n) is 3.39. The number of hydrogen-bond donors (Lipinski definition) is 3. The van der Waals surface area contributed by atoms with Crippen LogP contribution in [0.15, 0.2) is 45.1 Å². The molecular formula is C24H24O7. The van der Waals surface area contributed by atoms with Gasteiger partial charge in [0.1, 0.15) is 28.2 Å². The highest BCUT2D eigenvalue weighted by atomic mass is 16.5. The Balaban J connectivity index is 2.46. The first kappa shape index (κ1) is 22.0. The second-order valence-electron chi connectivity index (χ2n) is 7.67. The van der Waals surface area contributed by atoms with E-state index in [2.05, 4.69) is 6.58 Å². The number of methoxy groups -OCH3 is 1. The Labute approximate surface area is 178 Å². The number of allylic oxidation sites excluding steroid dienone is 3. The largest absolute Gasteiger partial charge is 0.507 e. The van der Waals surface area contributed by atoms with Crippen molar-refractivity contribution in [2.75, 3.05) is 7.11 Å². The Kier molecular flexibility index (Phi) is 5.79. The maximum Gasteiger partial charge on any atom is 0.204 e. The Morgan fingerprint density at radius 3 is 2.35 bits per heavy atom. The summed E-state index contributed by atoms with van der Waals surface area (Å²) < 4.78 is 11.0. The van der Waals surface area contributed by atoms with E-state index in [1.165, 1.54) is 19.2 Å². The SMILES string of the molecule is C=C(C)C(=O)Cc1c(OC)cc(O)c2oc3cc(O)c(CC=C(C)C)c(O)c3c(=O)c12. The third kappa shape index (κ3) is 3.86. The van der Waals surface area contributed by atoms with E-state index in [0.717, 1.165) is 5.57 Å². The van der Waals surface area contributed by atoms with Crippen molar-refractivity contribution >= 4 is 27.7 Å². The van der Waals surface area contributed by atoms with Gasteiger partial charge in [-0.2, -0.15) is 0 Å². The number of hydrogen-bond acceptors (Lipinski definition) is 7. The third-order valence-corrected chi connectivity index (χ3v) is 5.09. The summed E-state index contributed by atoms with van der Waals surface area (Å²) >= 11 is 0. The molecule has 0 aliphatic carbocycles. The van der Waals surface area contributed by atoms with Crippen molar-refractivity contribution in [2.24, 2.45) is 0 Å². The van der Waals surface area contributed by atoms with Crippen LogP contribution in [0.3, 0.4) is 0 Å². The van der Waals surface area contributed by atoms with Crippen LogP contribution in [0.1, 0.15) is 31.9 Å². The Morgan fingerprint density at radius 2 is 1.77 bits per heavy atom. The monoisotopic (exact) mass is 424 g/mol. The van der Waals surface area contributed by atoms with Crippen LogP contribution in [-0.2, 0) is 17.6 Å². The number of carbonyl (C=O) groups is 1. The zero-order valence-electron chi connectivity index (χ0n) is 17.8. The maximum atomic E-state index is 13.5. The van der Waals surface area contributed by atoms with Gasteiger partial charge in [0, 0.05) is 29.7 Å². The third-order valence-electron chi connectivity index (χ3n) is 5.09. The number of carbonyl (C=O) groups excluding carboxylic acids is 1. The van der Waals surface area contributed by atoms with Gasteiger partial charge < -0.3 is 24.5 Å². The number of ether oxygens (including phenoxy) is 1. The molecule has 2 aromatic carbocycles. The molecule has 0 unspecified atom stereocenters. The topological polar surface area (TPSA) is 117 Å². The molecule has 0 atom stereocenters. The van der Waals surface area contributed by atoms with E-state index in [1.54, 1.807) is 13.0 Å². The molecule has 162 valence electrons. The fraction of sp³-hybridized carbons (Fsp3) is 0.250. The minimum Gasteiger partial charge on any atom is -0.507 e. The van der Waals surface area contributed by atoms with E-state index < -0.39 is 11.2 Å². The van der Waals surface area contributed by atoms with Crippen LogP contribution in [0, 0.1) is 0 Å². The molecule has 0 saturated heterocycles. The first-order valence-corrected chi connectivity index (χ1v) is 9.62. The van der Waals surface area contributed by atoms with Gasteiger partial charge in [0.05, 0.1) is 12.5 Å². The smallest absolute Gasteiger partial charge is 0.204 e. The summed E-state index contributed by atoms with van der Waals surface area (Å²) in [6.07, 6.45) is 1.81. The average molecular weight is 424 g/mol. The highest BCUT2D eigenvalue weighted by Gasteiger charge is 2.24. The molecule has 0 radical (unpaired) electrons. The summed E-state index contributed by atoms with van der Waals surface area (Å²) in [5, 5.41) is 31.4. The van der Waals surface area contributed by atoms with Crippen LogP contribution < -0.4 is 10.2 Å². The number of aromatic hydroxyl groups is 3. The lowest BCUT2D eigenvalue weighted by Gasteiger charge is -2.14. The number of phenolic OH excluding ortho intramolecular Hbond substituents is 3. The van der Waals surface area contributed by atoms with Gasteiger partial charge in [-0.25, -0.2) is 0 Å². The predicted molar refractivity (Wildman–Crippen MR) is 118 cm³/mol. The standard InChI is InChI=1S/C24H24O7/c1-11(2)6-7-13-16(26)9-19-21(22(13)28)23(29)20-14(8-15(25)12(3)4)18(30-5)10-17(27)24(20)31-19/h6,9-10,26-28H,3,7-8H2,1-2,4-5H3. The average Bonchev–Trinajstić information content (AvgIpc) is 2.68. The van der Waals surface area contributed by atoms with Gasteiger partial charge in [-0.15, -0.1) is 0 Å². The van der Waals surface area contributed by atoms with Crippen LogP contribution in [0.5, 0.6) is 23.0 Å². The van der Waals surface area contributed by atoms with Gasteiger partial charge >= 0.3 is 0 Å². The van der Waals surface area contributed by atoms with Crippen molar-refractivity contribution in [3.63, 3.8) is 0 Å². The van der Waals surface area contributed by atoms with Gasteiger partial charge in [-0.3, -0.25) is 9.59 Å². The van der Waals surface area contributed by atoms with E-state index >= 15 is 0 Å². The van der Waals surface area contributed by atoms with Gasteiger partial charge in [-0.1, -0.05) is 18.2 Å². The lowest BCUT2D eigenvalue weighted by atomic mass is 9.97. The van der Waals surface area contributed by atoms with Crippen molar-refractivity contribution < 1.29 is 29.3 Å². The van der Waals surface area contributed by atoms with Crippen LogP contribution in [0.25, 0.3) is 21.9 Å². The highest BCUT2D eigenvalue weighted by molar-refractivity contribution is 6.03. The Hall–Kier alpha value is -3.74. The lowest BCUT2D eigenvalue weighted by Crippen LogP contribution is -2.11. The molecule has 0 spiro atoms. The van der Waals surface area contributed by atoms with Crippen molar-refractivity contribution in [3.8, 4) is 23.0 Å². The highest BCUT2D eigenvalue weighted by Crippen LogP contribution is 2.40. The molecule has 1 heterocycles. The molecule has 3 rings (SSSR count). The zero-order valence-corrected chi connectivity index (χ0v) is 17.8. The number of benzene rings is 2. The molecule has 7 heteroatoms. The quantitative estimate of drug-likeness (QED) is 0.307. The number of rotatable bonds is 6. The number of ketones is 1. The van der Waals surface area contributed by atoms with Crippen LogP contribution in [0.2, 0.25) is 0 Å². The molecule has 0 fully saturated rings. The van der Waals surface area contributed by atoms with Gasteiger partial charge in [0.2, 0.25) is 5.43 Å². The fourth-order valence-corrected chi connectivity index (χ4v) is 3.39. The molecule has 0 aliphatic rings. The molecular weight excluding hydrogens is 400 g/mol. The van der Waals surface area contributed by atoms with E-state index in [0.29, 0.717) is 5.57 Å². The molecule has 0 aliphatic heterocycles. The van der Waals surface area contributed by atoms with Crippen LogP contribution >= 0.6 is 0 Å². The summed E-state index contributed by atoms with van der Waals surface area (Å²) in [5.41, 5.74) is 0.755. The normalized spacial score (nSPS) is 11.0. The summed E-state index contributed by atoms with van der Waals surface area (Å²) in [7, 11) is 1.35. The lowest BCUT2D eigenvalue weighted by molar-refractivity contribution is -0.114. The van der Waals surface area contributed by atoms with Gasteiger partial charge in [0.25, 0.3) is 0 Å². The van der Waals surface area contributed by atoms with Crippen LogP contribution in [0.4, 0.5) is 0 Å². The number of fused-ring (bicyclic) bond motifs is 2. The van der Waals surface area contributed by atoms with E-state index in [4.69, 9.17) is 9.15 Å². The van der Waals surface area contributed by atoms with Crippen LogP contribution in [-0.4, -0.2) is 28.2 Å². The maximum absolute atomic E-state index is 13.5. The van der Waals surface area contributed by atoms with Crippen molar-refractivity contribution in [3.05, 3.63) is 57.3 Å². The minimum atomic E-state index is -0.647. The van der Waals surface area contributed by atoms with E-state index in [1.807, 2.05) is 13.8 Å². The van der Waals surface area contributed by atoms with Crippen molar-refractivity contribution in [1.29, 1.82) is 0 Å². The van der Waals surface area contributed by atoms with E-state index in [9.17, 15) is 24.9 Å². The molecule has 0 amide bonds. The zero-order chi connectivity index (χ0) is 23.0. The first-order valence-electron chi connectivity index (χ1n) is 9.62. The van der Waals surface area contributed by atoms with E-state index in [-0.39, 0.29) is 68.9 Å². The molecule has 31 heavy (non-hydrogen) atoms. The molecule has 3 aromatic rings. The van der Waals surface area contributed by atoms with Crippen molar-refractivity contribution in [2.45, 2.75) is 33.6 Å². The number of Topliss-reactive ketones (excluding diaryl/α,β-unsaturated/α-hetero) is 1. The van der Waals surface area contributed by atoms with Gasteiger partial charge in [0.15, 0.2) is 17.1 Å². The molecule has 7 nitrogen and oxygen atoms in total. The minimum absolute atomic E-state index is 0.0758. The molecule has 0 bridgehead atoms. The molecule has 3 N–H and O–H groups in total. The summed E-state index contributed by atoms with van der Waals surface area (Å²) in [6, 6.07) is 2.48. The van der Waals surface area contributed by atoms with Crippen molar-refractivity contribution in [1.82, 2.24) is 0 Å². The van der Waals surface area contributed by atoms with Gasteiger partial charge in [-0.05, 0) is 32.8 Å². The molecule has 1 aromatic heterocycles. The Bertz CT molecular complexity index is 1320. The summed E-state index contributed by atoms with van der Waals surface area (Å²) in [4.78, 5) is 25.8. The second-order valence-corrected chi connectivity index (χ2v) is 7.67.